The number of aromatic nitrogens is 2. The Morgan fingerprint density at radius 1 is 1.07 bits per heavy atom. The van der Waals surface area contributed by atoms with Crippen molar-refractivity contribution >= 4 is 18.1 Å². The summed E-state index contributed by atoms with van der Waals surface area (Å²) in [5.41, 5.74) is 3.14. The van der Waals surface area contributed by atoms with Crippen LogP contribution in [0.15, 0.2) is 18.2 Å². The van der Waals surface area contributed by atoms with E-state index in [4.69, 9.17) is 14.5 Å². The quantitative estimate of drug-likeness (QED) is 0.697. The zero-order valence-electron chi connectivity index (χ0n) is 17.6. The van der Waals surface area contributed by atoms with Crippen molar-refractivity contribution in [1.82, 2.24) is 14.9 Å². The number of anilines is 1. The molecule has 1 aromatic carbocycles. The van der Waals surface area contributed by atoms with Crippen LogP contribution in [0.1, 0.15) is 39.6 Å². The second-order valence-corrected chi connectivity index (χ2v) is 7.70. The van der Waals surface area contributed by atoms with Gasteiger partial charge in [-0.2, -0.15) is 0 Å². The molecule has 2 aliphatic rings. The minimum atomic E-state index is -0.0140. The van der Waals surface area contributed by atoms with Gasteiger partial charge >= 0.3 is 0 Å². The first-order valence-corrected chi connectivity index (χ1v) is 10.1. The van der Waals surface area contributed by atoms with Crippen LogP contribution in [0.4, 0.5) is 5.95 Å². The van der Waals surface area contributed by atoms with Crippen molar-refractivity contribution in [1.29, 1.82) is 0 Å². The van der Waals surface area contributed by atoms with Crippen molar-refractivity contribution in [3.63, 3.8) is 0 Å². The lowest BCUT2D eigenvalue weighted by atomic mass is 9.81. The van der Waals surface area contributed by atoms with Crippen molar-refractivity contribution in [3.05, 3.63) is 40.7 Å². The van der Waals surface area contributed by atoms with Crippen molar-refractivity contribution in [2.24, 2.45) is 0 Å². The summed E-state index contributed by atoms with van der Waals surface area (Å²) in [6.45, 7) is 4.53. The Bertz CT molecular complexity index is 970. The largest absolute Gasteiger partial charge is 0.497 e. The molecule has 8 heteroatoms. The monoisotopic (exact) mass is 410 g/mol. The molecule has 158 valence electrons. The first-order chi connectivity index (χ1) is 14.5. The van der Waals surface area contributed by atoms with Crippen LogP contribution in [-0.2, 0) is 11.2 Å². The van der Waals surface area contributed by atoms with E-state index in [1.165, 1.54) is 0 Å². The molecule has 1 fully saturated rings. The molecule has 2 heterocycles. The third-order valence-electron chi connectivity index (χ3n) is 5.93. The number of amides is 1. The van der Waals surface area contributed by atoms with Gasteiger partial charge in [0.1, 0.15) is 11.5 Å². The number of piperazine rings is 1. The van der Waals surface area contributed by atoms with E-state index in [1.54, 1.807) is 19.1 Å². The molecule has 1 aromatic heterocycles. The summed E-state index contributed by atoms with van der Waals surface area (Å²) < 4.78 is 10.9. The maximum absolute atomic E-state index is 13.0. The maximum Gasteiger partial charge on any atom is 0.225 e. The van der Waals surface area contributed by atoms with Crippen LogP contribution in [0.2, 0.25) is 0 Å². The molecule has 1 aliphatic carbocycles. The van der Waals surface area contributed by atoms with Gasteiger partial charge in [0, 0.05) is 44.6 Å². The highest BCUT2D eigenvalue weighted by Gasteiger charge is 2.32. The SMILES string of the molecule is COc1ccc(C2CC(=O)c3c(C)nc(N4CCN(C=O)CC4)nc3C2)c(OC)c1. The summed E-state index contributed by atoms with van der Waals surface area (Å²) in [5.74, 6) is 2.11. The molecule has 2 aromatic rings. The fraction of sp³-hybridized carbons (Fsp3) is 0.455. The molecule has 1 atom stereocenters. The van der Waals surface area contributed by atoms with E-state index in [2.05, 4.69) is 9.88 Å². The van der Waals surface area contributed by atoms with E-state index in [0.717, 1.165) is 23.4 Å². The van der Waals surface area contributed by atoms with E-state index in [0.29, 0.717) is 62.0 Å². The maximum atomic E-state index is 13.0. The van der Waals surface area contributed by atoms with Crippen LogP contribution in [0.3, 0.4) is 0 Å². The summed E-state index contributed by atoms with van der Waals surface area (Å²) >= 11 is 0. The van der Waals surface area contributed by atoms with Crippen LogP contribution in [0, 0.1) is 6.92 Å². The molecule has 30 heavy (non-hydrogen) atoms. The van der Waals surface area contributed by atoms with E-state index in [1.807, 2.05) is 25.1 Å². The van der Waals surface area contributed by atoms with Gasteiger partial charge in [0.15, 0.2) is 5.78 Å². The number of aryl methyl sites for hydroxylation is 1. The molecule has 1 amide bonds. The zero-order valence-corrected chi connectivity index (χ0v) is 17.6. The van der Waals surface area contributed by atoms with Crippen LogP contribution < -0.4 is 14.4 Å². The van der Waals surface area contributed by atoms with E-state index < -0.39 is 0 Å². The van der Waals surface area contributed by atoms with E-state index in [-0.39, 0.29) is 11.7 Å². The Morgan fingerprint density at radius 3 is 2.50 bits per heavy atom. The molecule has 1 unspecified atom stereocenters. The average Bonchev–Trinajstić information content (AvgIpc) is 2.78. The van der Waals surface area contributed by atoms with Crippen LogP contribution in [0.25, 0.3) is 0 Å². The normalized spacial score (nSPS) is 18.8. The molecular weight excluding hydrogens is 384 g/mol. The van der Waals surface area contributed by atoms with Crippen LogP contribution in [0.5, 0.6) is 11.5 Å². The summed E-state index contributed by atoms with van der Waals surface area (Å²) in [7, 11) is 3.24. The number of ether oxygens (including phenoxy) is 2. The van der Waals surface area contributed by atoms with Crippen molar-refractivity contribution in [3.8, 4) is 11.5 Å². The second-order valence-electron chi connectivity index (χ2n) is 7.70. The van der Waals surface area contributed by atoms with E-state index >= 15 is 0 Å². The Morgan fingerprint density at radius 2 is 1.83 bits per heavy atom. The highest BCUT2D eigenvalue weighted by atomic mass is 16.5. The van der Waals surface area contributed by atoms with Gasteiger partial charge in [-0.3, -0.25) is 9.59 Å². The fourth-order valence-corrected chi connectivity index (χ4v) is 4.30. The molecule has 0 N–H and O–H groups in total. The number of Topliss-reactive ketones (excluding diaryl/α,β-unsaturated/α-hetero) is 1. The zero-order chi connectivity index (χ0) is 21.3. The predicted molar refractivity (Wildman–Crippen MR) is 112 cm³/mol. The summed E-state index contributed by atoms with van der Waals surface area (Å²) in [6, 6.07) is 5.70. The van der Waals surface area contributed by atoms with Gasteiger partial charge in [-0.1, -0.05) is 6.07 Å². The van der Waals surface area contributed by atoms with Crippen molar-refractivity contribution < 1.29 is 19.1 Å². The highest BCUT2D eigenvalue weighted by Crippen LogP contribution is 2.39. The number of ketones is 1. The molecule has 0 spiro atoms. The lowest BCUT2D eigenvalue weighted by Crippen LogP contribution is -2.46. The van der Waals surface area contributed by atoms with Gasteiger partial charge in [0.05, 0.1) is 31.2 Å². The van der Waals surface area contributed by atoms with Gasteiger partial charge in [-0.05, 0) is 25.0 Å². The van der Waals surface area contributed by atoms with Gasteiger partial charge in [-0.15, -0.1) is 0 Å². The lowest BCUT2D eigenvalue weighted by Gasteiger charge is -2.33. The number of hydrogen-bond donors (Lipinski definition) is 0. The summed E-state index contributed by atoms with van der Waals surface area (Å²) in [6.07, 6.45) is 1.92. The summed E-state index contributed by atoms with van der Waals surface area (Å²) in [5, 5.41) is 0. The molecule has 0 radical (unpaired) electrons. The van der Waals surface area contributed by atoms with Gasteiger partial charge < -0.3 is 19.3 Å². The fourth-order valence-electron chi connectivity index (χ4n) is 4.30. The summed E-state index contributed by atoms with van der Waals surface area (Å²) in [4.78, 5) is 37.2. The van der Waals surface area contributed by atoms with E-state index in [9.17, 15) is 9.59 Å². The number of carbonyl (C=O) groups is 2. The Hall–Kier alpha value is -3.16. The molecule has 4 rings (SSSR count). The Balaban J connectivity index is 1.64. The standard InChI is InChI=1S/C22H26N4O4/c1-14-21-18(24-22(23-14)26-8-6-25(13-27)7-9-26)10-15(11-19(21)28)17-5-4-16(29-2)12-20(17)30-3/h4-5,12-13,15H,6-11H2,1-3H3. The van der Waals surface area contributed by atoms with Crippen molar-refractivity contribution in [2.45, 2.75) is 25.7 Å². The van der Waals surface area contributed by atoms with Gasteiger partial charge in [0.2, 0.25) is 12.4 Å². The smallest absolute Gasteiger partial charge is 0.225 e. The van der Waals surface area contributed by atoms with Crippen LogP contribution >= 0.6 is 0 Å². The molecule has 1 aliphatic heterocycles. The molecule has 8 nitrogen and oxygen atoms in total. The number of benzene rings is 1. The Kier molecular flexibility index (Phi) is 5.57. The first kappa shape index (κ1) is 20.1. The third kappa shape index (κ3) is 3.69. The molecule has 0 saturated carbocycles. The molecular formula is C22H26N4O4. The minimum absolute atomic E-state index is 0.0140. The van der Waals surface area contributed by atoms with Crippen molar-refractivity contribution in [2.75, 3.05) is 45.3 Å². The number of nitrogens with zero attached hydrogens (tertiary/aromatic N) is 4. The number of rotatable bonds is 5. The molecule has 1 saturated heterocycles. The Labute approximate surface area is 175 Å². The first-order valence-electron chi connectivity index (χ1n) is 10.1. The van der Waals surface area contributed by atoms with Crippen LogP contribution in [-0.4, -0.2) is 67.5 Å². The lowest BCUT2D eigenvalue weighted by molar-refractivity contribution is -0.118. The minimum Gasteiger partial charge on any atom is -0.497 e. The topological polar surface area (TPSA) is 84.9 Å². The molecule has 0 bridgehead atoms. The number of hydrogen-bond acceptors (Lipinski definition) is 7. The number of carbonyl (C=O) groups excluding carboxylic acids is 2. The third-order valence-corrected chi connectivity index (χ3v) is 5.93. The number of fused-ring (bicyclic) bond motifs is 1. The number of methoxy groups -OCH3 is 2. The predicted octanol–water partition coefficient (Wildman–Crippen LogP) is 1.99. The van der Waals surface area contributed by atoms with Gasteiger partial charge in [-0.25, -0.2) is 9.97 Å². The second kappa shape index (κ2) is 8.30. The highest BCUT2D eigenvalue weighted by molar-refractivity contribution is 5.99. The average molecular weight is 410 g/mol. The van der Waals surface area contributed by atoms with Gasteiger partial charge in [0.25, 0.3) is 0 Å².